The third kappa shape index (κ3) is 3.71. The quantitative estimate of drug-likeness (QED) is 0.680. The largest absolute Gasteiger partial charge is 0.495 e. The highest BCUT2D eigenvalue weighted by Gasteiger charge is 2.18. The van der Waals surface area contributed by atoms with Gasteiger partial charge in [0, 0.05) is 22.9 Å². The first-order chi connectivity index (χ1) is 14.1. The van der Waals surface area contributed by atoms with Crippen molar-refractivity contribution in [1.82, 2.24) is 9.97 Å². The van der Waals surface area contributed by atoms with E-state index in [1.54, 1.807) is 43.8 Å². The molecular formula is C21H20N4O4. The molecule has 8 heteroatoms. The second-order valence-corrected chi connectivity index (χ2v) is 5.95. The molecule has 2 N–H and O–H groups in total. The molecule has 148 valence electrons. The maximum absolute atomic E-state index is 9.60. The first-order valence-electron chi connectivity index (χ1n) is 8.56. The molecule has 1 aromatic carbocycles. The number of aromatic nitrogens is 2. The fourth-order valence-corrected chi connectivity index (χ4v) is 2.96. The van der Waals surface area contributed by atoms with E-state index in [2.05, 4.69) is 16.0 Å². The summed E-state index contributed by atoms with van der Waals surface area (Å²) in [5.41, 5.74) is 8.87. The van der Waals surface area contributed by atoms with Crippen LogP contribution in [0.3, 0.4) is 0 Å². The van der Waals surface area contributed by atoms with Crippen molar-refractivity contribution in [3.8, 4) is 51.5 Å². The monoisotopic (exact) mass is 392 g/mol. The highest BCUT2D eigenvalue weighted by Crippen LogP contribution is 2.42. The zero-order valence-electron chi connectivity index (χ0n) is 16.5. The van der Waals surface area contributed by atoms with E-state index in [9.17, 15) is 5.26 Å². The van der Waals surface area contributed by atoms with Crippen LogP contribution in [0.15, 0.2) is 36.7 Å². The lowest BCUT2D eigenvalue weighted by Gasteiger charge is -2.15. The first kappa shape index (κ1) is 19.8. The first-order valence-corrected chi connectivity index (χ1v) is 8.56. The van der Waals surface area contributed by atoms with Crippen LogP contribution in [0.25, 0.3) is 22.4 Å². The van der Waals surface area contributed by atoms with Gasteiger partial charge in [0.05, 0.1) is 40.3 Å². The van der Waals surface area contributed by atoms with Crippen molar-refractivity contribution < 1.29 is 18.9 Å². The minimum Gasteiger partial charge on any atom is -0.495 e. The van der Waals surface area contributed by atoms with Crippen molar-refractivity contribution in [2.45, 2.75) is 0 Å². The van der Waals surface area contributed by atoms with Crippen LogP contribution in [-0.2, 0) is 0 Å². The van der Waals surface area contributed by atoms with Crippen molar-refractivity contribution in [2.75, 3.05) is 34.2 Å². The molecule has 3 aromatic rings. The van der Waals surface area contributed by atoms with E-state index in [1.165, 1.54) is 21.3 Å². The Kier molecular flexibility index (Phi) is 5.69. The van der Waals surface area contributed by atoms with Crippen LogP contribution in [0, 0.1) is 11.3 Å². The van der Waals surface area contributed by atoms with Gasteiger partial charge >= 0.3 is 0 Å². The molecule has 0 unspecified atom stereocenters. The van der Waals surface area contributed by atoms with Crippen LogP contribution in [0.1, 0.15) is 5.56 Å². The van der Waals surface area contributed by atoms with E-state index < -0.39 is 0 Å². The highest BCUT2D eigenvalue weighted by molar-refractivity contribution is 5.81. The Bertz CT molecular complexity index is 1070. The number of ether oxygens (including phenoxy) is 4. The van der Waals surface area contributed by atoms with Gasteiger partial charge in [-0.1, -0.05) is 0 Å². The minimum absolute atomic E-state index is 0.108. The van der Waals surface area contributed by atoms with Gasteiger partial charge in [0.25, 0.3) is 0 Å². The minimum atomic E-state index is 0.108. The van der Waals surface area contributed by atoms with Gasteiger partial charge in [-0.3, -0.25) is 4.98 Å². The van der Waals surface area contributed by atoms with Crippen LogP contribution in [-0.4, -0.2) is 38.4 Å². The van der Waals surface area contributed by atoms with E-state index in [0.717, 1.165) is 0 Å². The lowest BCUT2D eigenvalue weighted by atomic mass is 9.99. The molecule has 0 fully saturated rings. The topological polar surface area (TPSA) is 113 Å². The number of pyridine rings is 2. The van der Waals surface area contributed by atoms with Gasteiger partial charge in [0.1, 0.15) is 23.2 Å². The SMILES string of the molecule is COc1cncc(-c2cc(-c3cc(OC)c(OC)c(OC)c3)nc(N)c2C#N)c1. The number of nitrogens with zero attached hydrogens (tertiary/aromatic N) is 3. The normalized spacial score (nSPS) is 10.2. The van der Waals surface area contributed by atoms with Gasteiger partial charge in [-0.05, 0) is 24.3 Å². The summed E-state index contributed by atoms with van der Waals surface area (Å²) < 4.78 is 21.4. The van der Waals surface area contributed by atoms with Crippen LogP contribution < -0.4 is 24.7 Å². The predicted molar refractivity (Wildman–Crippen MR) is 108 cm³/mol. The third-order valence-corrected chi connectivity index (χ3v) is 4.38. The van der Waals surface area contributed by atoms with Crippen molar-refractivity contribution in [1.29, 1.82) is 5.26 Å². The van der Waals surface area contributed by atoms with Crippen molar-refractivity contribution in [3.63, 3.8) is 0 Å². The maximum atomic E-state index is 9.60. The Hall–Kier alpha value is -3.99. The molecule has 29 heavy (non-hydrogen) atoms. The molecule has 0 aliphatic rings. The van der Waals surface area contributed by atoms with Gasteiger partial charge in [-0.2, -0.15) is 5.26 Å². The summed E-state index contributed by atoms with van der Waals surface area (Å²) in [6, 6.07) is 9.20. The van der Waals surface area contributed by atoms with Gasteiger partial charge < -0.3 is 24.7 Å². The van der Waals surface area contributed by atoms with E-state index in [1.807, 2.05) is 0 Å². The lowest BCUT2D eigenvalue weighted by molar-refractivity contribution is 0.324. The molecule has 0 radical (unpaired) electrons. The van der Waals surface area contributed by atoms with Crippen molar-refractivity contribution >= 4 is 5.82 Å². The van der Waals surface area contributed by atoms with Gasteiger partial charge in [-0.15, -0.1) is 0 Å². The Morgan fingerprint density at radius 2 is 1.55 bits per heavy atom. The Morgan fingerprint density at radius 1 is 0.862 bits per heavy atom. The predicted octanol–water partition coefficient (Wildman–Crippen LogP) is 3.30. The molecule has 0 aliphatic heterocycles. The molecule has 8 nitrogen and oxygen atoms in total. The Balaban J connectivity index is 2.25. The number of benzene rings is 1. The van der Waals surface area contributed by atoms with Gasteiger partial charge in [-0.25, -0.2) is 4.98 Å². The summed E-state index contributed by atoms with van der Waals surface area (Å²) in [4.78, 5) is 8.57. The second kappa shape index (κ2) is 8.35. The Labute approximate surface area is 168 Å². The van der Waals surface area contributed by atoms with Crippen molar-refractivity contribution in [3.05, 3.63) is 42.2 Å². The van der Waals surface area contributed by atoms with E-state index >= 15 is 0 Å². The standard InChI is InChI=1S/C21H20N4O4/c1-26-14-5-13(10-24-11-14)15-8-17(25-21(23)16(15)9-22)12-6-18(27-2)20(29-4)19(7-12)28-3/h5-8,10-11H,1-4H3,(H2,23,25). The summed E-state index contributed by atoms with van der Waals surface area (Å²) in [5, 5.41) is 9.60. The molecule has 2 aromatic heterocycles. The average Bonchev–Trinajstić information content (AvgIpc) is 2.77. The van der Waals surface area contributed by atoms with Gasteiger partial charge in [0.15, 0.2) is 11.5 Å². The number of hydrogen-bond donors (Lipinski definition) is 1. The molecule has 0 bridgehead atoms. The summed E-state index contributed by atoms with van der Waals surface area (Å²) in [6.45, 7) is 0. The van der Waals surface area contributed by atoms with Crippen LogP contribution in [0.4, 0.5) is 5.82 Å². The fourth-order valence-electron chi connectivity index (χ4n) is 2.96. The molecule has 3 rings (SSSR count). The molecular weight excluding hydrogens is 372 g/mol. The van der Waals surface area contributed by atoms with Crippen LogP contribution in [0.2, 0.25) is 0 Å². The Morgan fingerprint density at radius 3 is 2.10 bits per heavy atom. The van der Waals surface area contributed by atoms with Gasteiger partial charge in [0.2, 0.25) is 5.75 Å². The lowest BCUT2D eigenvalue weighted by Crippen LogP contribution is -2.01. The van der Waals surface area contributed by atoms with Crippen LogP contribution >= 0.6 is 0 Å². The highest BCUT2D eigenvalue weighted by atomic mass is 16.5. The van der Waals surface area contributed by atoms with E-state index in [4.69, 9.17) is 24.7 Å². The summed E-state index contributed by atoms with van der Waals surface area (Å²) >= 11 is 0. The molecule has 0 spiro atoms. The zero-order valence-corrected chi connectivity index (χ0v) is 16.5. The van der Waals surface area contributed by atoms with Crippen molar-refractivity contribution in [2.24, 2.45) is 0 Å². The fraction of sp³-hybridized carbons (Fsp3) is 0.190. The number of hydrogen-bond acceptors (Lipinski definition) is 8. The van der Waals surface area contributed by atoms with E-state index in [-0.39, 0.29) is 11.4 Å². The average molecular weight is 392 g/mol. The summed E-state index contributed by atoms with van der Waals surface area (Å²) in [6.07, 6.45) is 3.22. The summed E-state index contributed by atoms with van der Waals surface area (Å²) in [5.74, 6) is 2.11. The smallest absolute Gasteiger partial charge is 0.203 e. The zero-order chi connectivity index (χ0) is 21.0. The molecule has 0 amide bonds. The second-order valence-electron chi connectivity index (χ2n) is 5.95. The number of rotatable bonds is 6. The molecule has 0 aliphatic carbocycles. The maximum Gasteiger partial charge on any atom is 0.203 e. The molecule has 0 saturated carbocycles. The number of nitrogens with two attached hydrogens (primary N) is 1. The molecule has 0 saturated heterocycles. The summed E-state index contributed by atoms with van der Waals surface area (Å²) in [7, 11) is 6.16. The number of nitrogen functional groups attached to an aromatic ring is 1. The molecule has 2 heterocycles. The number of methoxy groups -OCH3 is 4. The number of nitriles is 1. The van der Waals surface area contributed by atoms with E-state index in [0.29, 0.717) is 45.4 Å². The van der Waals surface area contributed by atoms with Crippen LogP contribution in [0.5, 0.6) is 23.0 Å². The number of anilines is 1. The molecule has 0 atom stereocenters. The third-order valence-electron chi connectivity index (χ3n) is 4.38.